The van der Waals surface area contributed by atoms with E-state index in [1.54, 1.807) is 36.9 Å². The molecule has 1 aliphatic heterocycles. The van der Waals surface area contributed by atoms with Crippen LogP contribution in [0, 0.1) is 5.92 Å². The third-order valence-corrected chi connectivity index (χ3v) is 6.10. The maximum Gasteiger partial charge on any atom is 0.421 e. The third-order valence-electron chi connectivity index (χ3n) is 6.10. The molecule has 4 N–H and O–H groups in total. The van der Waals surface area contributed by atoms with E-state index in [1.165, 1.54) is 0 Å². The van der Waals surface area contributed by atoms with Crippen molar-refractivity contribution >= 4 is 17.8 Å². The number of hydrogen-bond donors (Lipinski definition) is 3. The van der Waals surface area contributed by atoms with E-state index < -0.39 is 28.2 Å². The van der Waals surface area contributed by atoms with Crippen LogP contribution in [0.4, 0.5) is 4.79 Å². The van der Waals surface area contributed by atoms with Gasteiger partial charge < -0.3 is 15.2 Å². The van der Waals surface area contributed by atoms with Gasteiger partial charge in [0.1, 0.15) is 18.0 Å². The molecule has 4 amide bonds. The van der Waals surface area contributed by atoms with E-state index in [0.29, 0.717) is 37.4 Å². The van der Waals surface area contributed by atoms with Gasteiger partial charge in [-0.1, -0.05) is 24.3 Å². The standard InChI is InChI=1S/C24H29N3O6/c1-32-20-8-10-21(11-9-20)33-14-4-7-18(15-22(28)26-31)23(29)27(24(25)30)13-12-17-5-2-3-6-19(17)16-27/h2-3,5-6,8-11,18H,4,7,12-16H2,1H3,(H3-,25,26,28,30,31)/p+1/t18-,27?/m1/s1. The Balaban J connectivity index is 1.70. The van der Waals surface area contributed by atoms with Crippen molar-refractivity contribution in [1.29, 1.82) is 0 Å². The van der Waals surface area contributed by atoms with Crippen LogP contribution in [0.25, 0.3) is 0 Å². The van der Waals surface area contributed by atoms with Gasteiger partial charge in [0.2, 0.25) is 5.91 Å². The summed E-state index contributed by atoms with van der Waals surface area (Å²) in [6, 6.07) is 14.0. The molecular weight excluding hydrogens is 426 g/mol. The van der Waals surface area contributed by atoms with Gasteiger partial charge in [0, 0.05) is 18.4 Å². The van der Waals surface area contributed by atoms with Gasteiger partial charge in [0.15, 0.2) is 0 Å². The number of amides is 4. The number of urea groups is 1. The normalized spacial score (nSPS) is 18.0. The number of carbonyl (C=O) groups is 3. The molecule has 33 heavy (non-hydrogen) atoms. The molecule has 0 saturated heterocycles. The SMILES string of the molecule is COc1ccc(OCCC[C@H](CC(=O)NO)C(=O)[N+]2(C(N)=O)CCc3ccccc3C2)cc1. The summed E-state index contributed by atoms with van der Waals surface area (Å²) < 4.78 is 10.3. The Hall–Kier alpha value is -3.43. The molecular formula is C24H30N3O6+. The highest BCUT2D eigenvalue weighted by Crippen LogP contribution is 2.30. The van der Waals surface area contributed by atoms with E-state index in [-0.39, 0.29) is 19.5 Å². The first kappa shape index (κ1) is 24.2. The maximum atomic E-state index is 13.6. The number of nitrogens with zero attached hydrogens (tertiary/aromatic N) is 1. The van der Waals surface area contributed by atoms with E-state index in [9.17, 15) is 14.4 Å². The number of rotatable bonds is 9. The minimum atomic E-state index is -0.797. The molecule has 0 bridgehead atoms. The fourth-order valence-corrected chi connectivity index (χ4v) is 4.25. The smallest absolute Gasteiger partial charge is 0.421 e. The number of fused-ring (bicyclic) bond motifs is 1. The predicted octanol–water partition coefficient (Wildman–Crippen LogP) is 2.54. The van der Waals surface area contributed by atoms with Crippen molar-refractivity contribution in [3.8, 4) is 11.5 Å². The van der Waals surface area contributed by atoms with Gasteiger partial charge in [-0.3, -0.25) is 10.0 Å². The summed E-state index contributed by atoms with van der Waals surface area (Å²) in [5.41, 5.74) is 9.30. The summed E-state index contributed by atoms with van der Waals surface area (Å²) in [4.78, 5) is 38.1. The van der Waals surface area contributed by atoms with Crippen LogP contribution >= 0.6 is 0 Å². The van der Waals surface area contributed by atoms with Crippen LogP contribution in [-0.2, 0) is 22.6 Å². The largest absolute Gasteiger partial charge is 0.497 e. The Morgan fingerprint density at radius 2 is 1.76 bits per heavy atom. The lowest BCUT2D eigenvalue weighted by Gasteiger charge is -2.37. The average Bonchev–Trinajstić information content (AvgIpc) is 2.85. The number of methoxy groups -OCH3 is 1. The molecule has 0 saturated carbocycles. The number of hydrogen-bond acceptors (Lipinski definition) is 6. The molecule has 176 valence electrons. The summed E-state index contributed by atoms with van der Waals surface area (Å²) in [7, 11) is 1.58. The molecule has 0 spiro atoms. The second-order valence-corrected chi connectivity index (χ2v) is 8.15. The molecule has 1 unspecified atom stereocenters. The van der Waals surface area contributed by atoms with E-state index in [0.717, 1.165) is 11.1 Å². The maximum absolute atomic E-state index is 13.6. The first-order valence-corrected chi connectivity index (χ1v) is 10.9. The molecule has 9 nitrogen and oxygen atoms in total. The van der Waals surface area contributed by atoms with Gasteiger partial charge in [0.05, 0.1) is 26.2 Å². The summed E-state index contributed by atoms with van der Waals surface area (Å²) in [5.74, 6) is -0.532. The Labute approximate surface area is 192 Å². The van der Waals surface area contributed by atoms with Gasteiger partial charge >= 0.3 is 11.9 Å². The molecule has 1 aliphatic rings. The molecule has 2 atom stereocenters. The second kappa shape index (κ2) is 10.9. The monoisotopic (exact) mass is 456 g/mol. The van der Waals surface area contributed by atoms with Crippen molar-refractivity contribution in [2.24, 2.45) is 11.7 Å². The zero-order chi connectivity index (χ0) is 23.8. The second-order valence-electron chi connectivity index (χ2n) is 8.15. The zero-order valence-electron chi connectivity index (χ0n) is 18.7. The number of imide groups is 1. The minimum absolute atomic E-state index is 0.157. The van der Waals surface area contributed by atoms with Crippen LogP contribution in [0.2, 0.25) is 0 Å². The van der Waals surface area contributed by atoms with Crippen molar-refractivity contribution in [2.75, 3.05) is 20.3 Å². The lowest BCUT2D eigenvalue weighted by molar-refractivity contribution is -0.791. The van der Waals surface area contributed by atoms with Crippen LogP contribution in [0.15, 0.2) is 48.5 Å². The quantitative estimate of drug-likeness (QED) is 0.230. The number of quaternary nitrogens is 1. The van der Waals surface area contributed by atoms with Gasteiger partial charge in [-0.15, -0.1) is 0 Å². The number of carbonyl (C=O) groups excluding carboxylic acids is 3. The third kappa shape index (κ3) is 5.68. The first-order chi connectivity index (χ1) is 15.9. The van der Waals surface area contributed by atoms with Crippen LogP contribution in [0.3, 0.4) is 0 Å². The number of nitrogens with one attached hydrogen (secondary N) is 1. The van der Waals surface area contributed by atoms with Crippen LogP contribution in [0.1, 0.15) is 30.4 Å². The van der Waals surface area contributed by atoms with Gasteiger partial charge in [0.25, 0.3) is 0 Å². The van der Waals surface area contributed by atoms with E-state index in [1.807, 2.05) is 24.3 Å². The summed E-state index contributed by atoms with van der Waals surface area (Å²) in [6.45, 7) is 0.713. The summed E-state index contributed by atoms with van der Waals surface area (Å²) in [5, 5.41) is 9.00. The molecule has 2 aromatic rings. The number of ether oxygens (including phenoxy) is 2. The van der Waals surface area contributed by atoms with Crippen LogP contribution < -0.4 is 20.7 Å². The van der Waals surface area contributed by atoms with Crippen LogP contribution in [-0.4, -0.2) is 47.8 Å². The van der Waals surface area contributed by atoms with Crippen molar-refractivity contribution in [3.63, 3.8) is 0 Å². The Morgan fingerprint density at radius 3 is 2.39 bits per heavy atom. The van der Waals surface area contributed by atoms with Crippen molar-refractivity contribution in [2.45, 2.75) is 32.2 Å². The Morgan fingerprint density at radius 1 is 1.09 bits per heavy atom. The Bertz CT molecular complexity index is 994. The van der Waals surface area contributed by atoms with Gasteiger partial charge in [-0.25, -0.2) is 15.1 Å². The number of nitrogens with two attached hydrogens (primary N) is 1. The molecule has 0 radical (unpaired) electrons. The first-order valence-electron chi connectivity index (χ1n) is 10.9. The predicted molar refractivity (Wildman–Crippen MR) is 119 cm³/mol. The lowest BCUT2D eigenvalue weighted by atomic mass is 9.92. The lowest BCUT2D eigenvalue weighted by Crippen LogP contribution is -2.63. The molecule has 1 heterocycles. The fraction of sp³-hybridized carbons (Fsp3) is 0.375. The van der Waals surface area contributed by atoms with Crippen molar-refractivity contribution in [3.05, 3.63) is 59.7 Å². The molecule has 0 aromatic heterocycles. The van der Waals surface area contributed by atoms with E-state index in [2.05, 4.69) is 0 Å². The molecule has 2 aromatic carbocycles. The number of benzene rings is 2. The number of hydroxylamine groups is 1. The summed E-state index contributed by atoms with van der Waals surface area (Å²) in [6.07, 6.45) is 1.06. The highest BCUT2D eigenvalue weighted by molar-refractivity contribution is 5.88. The van der Waals surface area contributed by atoms with Gasteiger partial charge in [-0.05, 0) is 42.7 Å². The molecule has 0 fully saturated rings. The molecule has 3 rings (SSSR count). The van der Waals surface area contributed by atoms with E-state index >= 15 is 0 Å². The van der Waals surface area contributed by atoms with Crippen LogP contribution in [0.5, 0.6) is 11.5 Å². The molecule has 0 aliphatic carbocycles. The summed E-state index contributed by atoms with van der Waals surface area (Å²) >= 11 is 0. The fourth-order valence-electron chi connectivity index (χ4n) is 4.25. The highest BCUT2D eigenvalue weighted by Gasteiger charge is 2.49. The minimum Gasteiger partial charge on any atom is -0.497 e. The zero-order valence-corrected chi connectivity index (χ0v) is 18.7. The van der Waals surface area contributed by atoms with Gasteiger partial charge in [-0.2, -0.15) is 4.48 Å². The highest BCUT2D eigenvalue weighted by atomic mass is 16.5. The average molecular weight is 457 g/mol. The Kier molecular flexibility index (Phi) is 8.02. The van der Waals surface area contributed by atoms with Crippen molar-refractivity contribution in [1.82, 2.24) is 5.48 Å². The topological polar surface area (TPSA) is 128 Å². The number of primary amides is 1. The van der Waals surface area contributed by atoms with E-state index in [4.69, 9.17) is 20.4 Å². The molecule has 9 heteroatoms. The van der Waals surface area contributed by atoms with Crippen molar-refractivity contribution < 1.29 is 33.5 Å².